The molecule has 2 aromatic rings. The first kappa shape index (κ1) is 21.4. The second-order valence-electron chi connectivity index (χ2n) is 8.35. The van der Waals surface area contributed by atoms with Crippen molar-refractivity contribution in [1.82, 2.24) is 9.55 Å². The Labute approximate surface area is 188 Å². The Morgan fingerprint density at radius 2 is 2.06 bits per heavy atom. The number of rotatable bonds is 6. The number of amides is 2. The van der Waals surface area contributed by atoms with Gasteiger partial charge >= 0.3 is 6.09 Å². The van der Waals surface area contributed by atoms with Crippen molar-refractivity contribution in [2.75, 3.05) is 41.5 Å². The number of halogens is 2. The Balaban J connectivity index is 1.55. The van der Waals surface area contributed by atoms with Crippen LogP contribution in [0.1, 0.15) is 6.92 Å². The highest BCUT2D eigenvalue weighted by Gasteiger charge is 2.42. The molecule has 176 valence electrons. The standard InChI is InChI=1S/C21H24F2N6O4/c1-11(19(24)30)25-12-2-3-14-15(6-12)28(13-8-32-9-13)5-4-27-7-17(26-20(14)27)29-16(18(22)23)10-33-21(29)31/h2-3,6-7,11,13,16,18,25H,4-5,8-10H2,1H3,(H2,24,30)/t11-,16?/m0/s1. The van der Waals surface area contributed by atoms with E-state index < -0.39 is 30.5 Å². The van der Waals surface area contributed by atoms with Gasteiger partial charge in [-0.05, 0) is 25.1 Å². The number of primary amides is 1. The van der Waals surface area contributed by atoms with E-state index in [2.05, 4.69) is 15.2 Å². The zero-order valence-electron chi connectivity index (χ0n) is 17.9. The minimum atomic E-state index is -2.75. The predicted molar refractivity (Wildman–Crippen MR) is 116 cm³/mol. The van der Waals surface area contributed by atoms with Crippen molar-refractivity contribution >= 4 is 29.2 Å². The summed E-state index contributed by atoms with van der Waals surface area (Å²) in [4.78, 5) is 31.4. The minimum absolute atomic E-state index is 0.133. The first-order valence-corrected chi connectivity index (χ1v) is 10.7. The monoisotopic (exact) mass is 462 g/mol. The van der Waals surface area contributed by atoms with Gasteiger partial charge in [-0.15, -0.1) is 0 Å². The number of nitrogens with two attached hydrogens (primary N) is 1. The molecule has 33 heavy (non-hydrogen) atoms. The van der Waals surface area contributed by atoms with Crippen LogP contribution in [0.4, 0.5) is 30.8 Å². The van der Waals surface area contributed by atoms with Crippen molar-refractivity contribution in [2.24, 2.45) is 5.73 Å². The number of aromatic nitrogens is 2. The van der Waals surface area contributed by atoms with Crippen molar-refractivity contribution < 1.29 is 27.8 Å². The molecule has 3 N–H and O–H groups in total. The Morgan fingerprint density at radius 1 is 1.27 bits per heavy atom. The lowest BCUT2D eigenvalue weighted by molar-refractivity contribution is -0.118. The number of carbonyl (C=O) groups excluding carboxylic acids is 2. The molecule has 1 unspecified atom stereocenters. The molecule has 12 heteroatoms. The molecule has 1 aromatic carbocycles. The van der Waals surface area contributed by atoms with E-state index in [-0.39, 0.29) is 18.5 Å². The highest BCUT2D eigenvalue weighted by molar-refractivity contribution is 5.90. The van der Waals surface area contributed by atoms with Crippen molar-refractivity contribution in [3.05, 3.63) is 24.4 Å². The third-order valence-electron chi connectivity index (χ3n) is 6.21. The zero-order chi connectivity index (χ0) is 23.3. The lowest BCUT2D eigenvalue weighted by Gasteiger charge is -2.39. The van der Waals surface area contributed by atoms with Crippen LogP contribution in [0, 0.1) is 0 Å². The van der Waals surface area contributed by atoms with Crippen LogP contribution in [0.5, 0.6) is 0 Å². The van der Waals surface area contributed by atoms with Crippen molar-refractivity contribution in [1.29, 1.82) is 0 Å². The number of imidazole rings is 1. The number of alkyl halides is 2. The van der Waals surface area contributed by atoms with Crippen LogP contribution >= 0.6 is 0 Å². The summed E-state index contributed by atoms with van der Waals surface area (Å²) in [6.45, 7) is 3.66. The van der Waals surface area contributed by atoms with E-state index in [1.54, 1.807) is 13.1 Å². The number of cyclic esters (lactones) is 1. The van der Waals surface area contributed by atoms with Gasteiger partial charge in [0.1, 0.15) is 24.5 Å². The smallest absolute Gasteiger partial charge is 0.416 e. The molecular weight excluding hydrogens is 438 g/mol. The maximum Gasteiger partial charge on any atom is 0.416 e. The van der Waals surface area contributed by atoms with Crippen LogP contribution < -0.4 is 20.9 Å². The maximum atomic E-state index is 13.5. The number of hydrogen-bond acceptors (Lipinski definition) is 7. The molecule has 3 aliphatic rings. The second-order valence-corrected chi connectivity index (χ2v) is 8.35. The van der Waals surface area contributed by atoms with Crippen LogP contribution in [-0.4, -0.2) is 72.5 Å². The van der Waals surface area contributed by atoms with E-state index in [1.807, 2.05) is 22.8 Å². The van der Waals surface area contributed by atoms with Gasteiger partial charge in [-0.1, -0.05) is 0 Å². The first-order chi connectivity index (χ1) is 15.8. The first-order valence-electron chi connectivity index (χ1n) is 10.7. The Hall–Kier alpha value is -3.41. The van der Waals surface area contributed by atoms with Crippen LogP contribution in [0.3, 0.4) is 0 Å². The molecule has 1 aromatic heterocycles. The highest BCUT2D eigenvalue weighted by atomic mass is 19.3. The molecule has 2 amide bonds. The quantitative estimate of drug-likeness (QED) is 0.671. The summed E-state index contributed by atoms with van der Waals surface area (Å²) in [6.07, 6.45) is -1.97. The van der Waals surface area contributed by atoms with Gasteiger partial charge in [0.2, 0.25) is 5.91 Å². The predicted octanol–water partition coefficient (Wildman–Crippen LogP) is 1.64. The van der Waals surface area contributed by atoms with Gasteiger partial charge in [0.15, 0.2) is 5.82 Å². The molecule has 10 nitrogen and oxygen atoms in total. The van der Waals surface area contributed by atoms with Crippen LogP contribution in [0.25, 0.3) is 11.4 Å². The molecule has 0 bridgehead atoms. The summed E-state index contributed by atoms with van der Waals surface area (Å²) in [5, 5.41) is 3.09. The van der Waals surface area contributed by atoms with Crippen molar-refractivity contribution in [2.45, 2.75) is 38.0 Å². The summed E-state index contributed by atoms with van der Waals surface area (Å²) in [5.41, 5.74) is 7.75. The fraction of sp³-hybridized carbons (Fsp3) is 0.476. The number of benzene rings is 1. The molecule has 2 atom stereocenters. The van der Waals surface area contributed by atoms with E-state index >= 15 is 0 Å². The molecule has 2 fully saturated rings. The van der Waals surface area contributed by atoms with E-state index in [4.69, 9.17) is 15.2 Å². The number of fused-ring (bicyclic) bond motifs is 3. The Morgan fingerprint density at radius 3 is 2.73 bits per heavy atom. The SMILES string of the molecule is C[C@H](Nc1ccc2c(c1)N(C1COC1)CCn1cc(N3C(=O)OCC3C(F)F)nc1-2)C(N)=O. The number of carbonyl (C=O) groups is 2. The van der Waals surface area contributed by atoms with Gasteiger partial charge in [-0.25, -0.2) is 23.5 Å². The number of anilines is 3. The van der Waals surface area contributed by atoms with Crippen molar-refractivity contribution in [3.8, 4) is 11.4 Å². The molecule has 5 rings (SSSR count). The molecule has 2 saturated heterocycles. The van der Waals surface area contributed by atoms with Gasteiger partial charge < -0.3 is 30.0 Å². The molecule has 4 heterocycles. The zero-order valence-corrected chi connectivity index (χ0v) is 17.9. The average molecular weight is 462 g/mol. The molecule has 0 aliphatic carbocycles. The molecule has 0 saturated carbocycles. The Kier molecular flexibility index (Phi) is 5.31. The minimum Gasteiger partial charge on any atom is -0.447 e. The Bertz CT molecular complexity index is 1090. The van der Waals surface area contributed by atoms with Gasteiger partial charge in [-0.2, -0.15) is 0 Å². The van der Waals surface area contributed by atoms with Crippen LogP contribution in [-0.2, 0) is 20.8 Å². The summed E-state index contributed by atoms with van der Waals surface area (Å²) in [7, 11) is 0. The molecular formula is C21H24F2N6O4. The fourth-order valence-corrected chi connectivity index (χ4v) is 4.28. The summed E-state index contributed by atoms with van der Waals surface area (Å²) in [6, 6.07) is 3.84. The van der Waals surface area contributed by atoms with E-state index in [1.165, 1.54) is 0 Å². The van der Waals surface area contributed by atoms with Crippen LogP contribution in [0.15, 0.2) is 24.4 Å². The maximum absolute atomic E-state index is 13.5. The third-order valence-corrected chi connectivity index (χ3v) is 6.21. The summed E-state index contributed by atoms with van der Waals surface area (Å²) in [5.74, 6) is 0.221. The van der Waals surface area contributed by atoms with Crippen molar-refractivity contribution in [3.63, 3.8) is 0 Å². The largest absolute Gasteiger partial charge is 0.447 e. The topological polar surface area (TPSA) is 115 Å². The lowest BCUT2D eigenvalue weighted by Crippen LogP contribution is -2.50. The van der Waals surface area contributed by atoms with Gasteiger partial charge in [0.05, 0.1) is 24.9 Å². The second kappa shape index (κ2) is 8.18. The molecule has 3 aliphatic heterocycles. The highest BCUT2D eigenvalue weighted by Crippen LogP contribution is 2.39. The number of nitrogens with one attached hydrogen (secondary N) is 1. The van der Waals surface area contributed by atoms with Gasteiger partial charge in [0.25, 0.3) is 6.43 Å². The van der Waals surface area contributed by atoms with E-state index in [9.17, 15) is 18.4 Å². The van der Waals surface area contributed by atoms with Gasteiger partial charge in [0, 0.05) is 30.5 Å². The van der Waals surface area contributed by atoms with Crippen LogP contribution in [0.2, 0.25) is 0 Å². The van der Waals surface area contributed by atoms with Gasteiger partial charge in [-0.3, -0.25) is 4.79 Å². The summed E-state index contributed by atoms with van der Waals surface area (Å²) < 4.78 is 39.0. The lowest BCUT2D eigenvalue weighted by atomic mass is 10.1. The normalized spacial score (nSPS) is 21.2. The fourth-order valence-electron chi connectivity index (χ4n) is 4.28. The average Bonchev–Trinajstić information content (AvgIpc) is 3.29. The van der Waals surface area contributed by atoms with E-state index in [0.717, 1.165) is 16.2 Å². The van der Waals surface area contributed by atoms with E-state index in [0.29, 0.717) is 37.8 Å². The number of nitrogens with zero attached hydrogens (tertiary/aromatic N) is 4. The number of ether oxygens (including phenoxy) is 2. The molecule has 0 spiro atoms. The third kappa shape index (κ3) is 3.73. The number of hydrogen-bond donors (Lipinski definition) is 2. The molecule has 0 radical (unpaired) electrons. The summed E-state index contributed by atoms with van der Waals surface area (Å²) >= 11 is 0.